The molecule has 2 nitrogen and oxygen atoms in total. The molecule has 0 fully saturated rings. The summed E-state index contributed by atoms with van der Waals surface area (Å²) in [5.41, 5.74) is 6.03. The van der Waals surface area contributed by atoms with Crippen LogP contribution in [0.25, 0.3) is 0 Å². The number of aliphatic hydroxyl groups is 1. The van der Waals surface area contributed by atoms with Gasteiger partial charge in [-0.25, -0.2) is 0 Å². The molecule has 0 spiro atoms. The maximum Gasteiger partial charge on any atom is 0.0436 e. The van der Waals surface area contributed by atoms with E-state index < -0.39 is 0 Å². The third kappa shape index (κ3) is 3.97. The van der Waals surface area contributed by atoms with Crippen LogP contribution in [-0.2, 0) is 0 Å². The van der Waals surface area contributed by atoms with Crippen molar-refractivity contribution in [2.24, 2.45) is 11.1 Å². The van der Waals surface area contributed by atoms with Gasteiger partial charge in [-0.3, -0.25) is 0 Å². The second-order valence-electron chi connectivity index (χ2n) is 5.21. The van der Waals surface area contributed by atoms with E-state index in [0.717, 1.165) is 12.8 Å². The molecule has 14 heavy (non-hydrogen) atoms. The predicted octanol–water partition coefficient (Wildman–Crippen LogP) is 2.69. The van der Waals surface area contributed by atoms with E-state index in [9.17, 15) is 0 Å². The number of unbranched alkanes of at least 4 members (excludes halogenated alkanes) is 2. The molecule has 0 radical (unpaired) electrons. The number of nitrogens with two attached hydrogens (primary N) is 1. The Kier molecular flexibility index (Phi) is 5.68. The Hall–Kier alpha value is -0.0800. The van der Waals surface area contributed by atoms with Crippen molar-refractivity contribution in [3.63, 3.8) is 0 Å². The van der Waals surface area contributed by atoms with Gasteiger partial charge in [0.25, 0.3) is 0 Å². The van der Waals surface area contributed by atoms with Crippen LogP contribution in [0.5, 0.6) is 0 Å². The molecule has 0 aromatic rings. The van der Waals surface area contributed by atoms with Crippen molar-refractivity contribution in [1.29, 1.82) is 0 Å². The van der Waals surface area contributed by atoms with Crippen molar-refractivity contribution < 1.29 is 5.11 Å². The van der Waals surface area contributed by atoms with Crippen LogP contribution in [0.2, 0.25) is 0 Å². The average molecular weight is 201 g/mol. The molecule has 1 atom stereocenters. The normalized spacial score (nSPS) is 16.7. The molecule has 0 aliphatic carbocycles. The van der Waals surface area contributed by atoms with E-state index >= 15 is 0 Å². The average Bonchev–Trinajstić information content (AvgIpc) is 2.03. The molecule has 3 N–H and O–H groups in total. The van der Waals surface area contributed by atoms with Crippen molar-refractivity contribution in [1.82, 2.24) is 0 Å². The Morgan fingerprint density at radius 1 is 1.07 bits per heavy atom. The van der Waals surface area contributed by atoms with Crippen molar-refractivity contribution in [2.75, 3.05) is 6.61 Å². The van der Waals surface area contributed by atoms with Gasteiger partial charge >= 0.3 is 0 Å². The van der Waals surface area contributed by atoms with Crippen LogP contribution in [0.15, 0.2) is 0 Å². The topological polar surface area (TPSA) is 46.2 Å². The minimum Gasteiger partial charge on any atom is -0.396 e. The summed E-state index contributed by atoms with van der Waals surface area (Å²) in [6.45, 7) is 8.77. The van der Waals surface area contributed by atoms with Crippen LogP contribution in [0, 0.1) is 5.41 Å². The first kappa shape index (κ1) is 13.9. The standard InChI is InChI=1S/C12H27NO/c1-5-6-7-8-12(4,9-10-14)11(2,3)13/h14H,5-10,13H2,1-4H3. The fraction of sp³-hybridized carbons (Fsp3) is 1.00. The van der Waals surface area contributed by atoms with Crippen LogP contribution >= 0.6 is 0 Å². The molecular weight excluding hydrogens is 174 g/mol. The molecule has 86 valence electrons. The zero-order valence-corrected chi connectivity index (χ0v) is 10.3. The first-order chi connectivity index (χ1) is 6.37. The highest BCUT2D eigenvalue weighted by Crippen LogP contribution is 2.37. The molecule has 0 heterocycles. The van der Waals surface area contributed by atoms with Crippen molar-refractivity contribution in [3.05, 3.63) is 0 Å². The molecule has 0 bridgehead atoms. The van der Waals surface area contributed by atoms with E-state index in [-0.39, 0.29) is 17.6 Å². The molecular formula is C12H27NO. The highest BCUT2D eigenvalue weighted by atomic mass is 16.3. The fourth-order valence-corrected chi connectivity index (χ4v) is 1.78. The highest BCUT2D eigenvalue weighted by Gasteiger charge is 2.36. The lowest BCUT2D eigenvalue weighted by molar-refractivity contribution is 0.106. The second-order valence-corrected chi connectivity index (χ2v) is 5.21. The van der Waals surface area contributed by atoms with Gasteiger partial charge in [-0.1, -0.05) is 33.1 Å². The summed E-state index contributed by atoms with van der Waals surface area (Å²) in [4.78, 5) is 0. The van der Waals surface area contributed by atoms with Crippen LogP contribution in [0.1, 0.15) is 59.8 Å². The summed E-state index contributed by atoms with van der Waals surface area (Å²) in [7, 11) is 0. The van der Waals surface area contributed by atoms with Gasteiger partial charge in [-0.05, 0) is 32.1 Å². The third-order valence-corrected chi connectivity index (χ3v) is 3.55. The lowest BCUT2D eigenvalue weighted by atomic mass is 9.68. The number of hydrogen-bond donors (Lipinski definition) is 2. The van der Waals surface area contributed by atoms with Gasteiger partial charge < -0.3 is 10.8 Å². The summed E-state index contributed by atoms with van der Waals surface area (Å²) < 4.78 is 0. The van der Waals surface area contributed by atoms with E-state index in [1.807, 2.05) is 0 Å². The summed E-state index contributed by atoms with van der Waals surface area (Å²) in [5, 5.41) is 9.07. The Balaban J connectivity index is 4.25. The molecule has 0 rings (SSSR count). The fourth-order valence-electron chi connectivity index (χ4n) is 1.78. The molecule has 0 aliphatic rings. The van der Waals surface area contributed by atoms with Gasteiger partial charge in [0.05, 0.1) is 0 Å². The second kappa shape index (κ2) is 5.72. The zero-order chi connectivity index (χ0) is 11.2. The van der Waals surface area contributed by atoms with E-state index in [4.69, 9.17) is 10.8 Å². The number of aliphatic hydroxyl groups excluding tert-OH is 1. The van der Waals surface area contributed by atoms with Crippen LogP contribution < -0.4 is 5.73 Å². The first-order valence-corrected chi connectivity index (χ1v) is 5.77. The van der Waals surface area contributed by atoms with Gasteiger partial charge in [-0.2, -0.15) is 0 Å². The van der Waals surface area contributed by atoms with Gasteiger partial charge in [-0.15, -0.1) is 0 Å². The van der Waals surface area contributed by atoms with Gasteiger partial charge in [0.1, 0.15) is 0 Å². The molecule has 0 saturated carbocycles. The largest absolute Gasteiger partial charge is 0.396 e. The molecule has 0 aliphatic heterocycles. The molecule has 0 amide bonds. The Bertz CT molecular complexity index is 151. The van der Waals surface area contributed by atoms with Crippen molar-refractivity contribution >= 4 is 0 Å². The highest BCUT2D eigenvalue weighted by molar-refractivity contribution is 4.93. The predicted molar refractivity (Wildman–Crippen MR) is 62.2 cm³/mol. The molecule has 1 unspecified atom stereocenters. The smallest absolute Gasteiger partial charge is 0.0436 e. The van der Waals surface area contributed by atoms with Crippen LogP contribution in [0.3, 0.4) is 0 Å². The molecule has 0 saturated heterocycles. The summed E-state index contributed by atoms with van der Waals surface area (Å²) in [6, 6.07) is 0. The SMILES string of the molecule is CCCCCC(C)(CCO)C(C)(C)N. The van der Waals surface area contributed by atoms with Crippen LogP contribution in [-0.4, -0.2) is 17.3 Å². The zero-order valence-electron chi connectivity index (χ0n) is 10.3. The summed E-state index contributed by atoms with van der Waals surface area (Å²) in [6.07, 6.45) is 5.63. The lowest BCUT2D eigenvalue weighted by Crippen LogP contribution is -2.49. The van der Waals surface area contributed by atoms with E-state index in [2.05, 4.69) is 27.7 Å². The minimum absolute atomic E-state index is 0.0664. The maximum atomic E-state index is 9.07. The van der Waals surface area contributed by atoms with E-state index in [1.165, 1.54) is 19.3 Å². The van der Waals surface area contributed by atoms with Crippen molar-refractivity contribution in [2.45, 2.75) is 65.3 Å². The molecule has 0 aromatic carbocycles. The summed E-state index contributed by atoms with van der Waals surface area (Å²) >= 11 is 0. The minimum atomic E-state index is -0.205. The molecule has 0 aromatic heterocycles. The third-order valence-electron chi connectivity index (χ3n) is 3.55. The van der Waals surface area contributed by atoms with Gasteiger partial charge in [0.2, 0.25) is 0 Å². The Labute approximate surface area is 88.9 Å². The quantitative estimate of drug-likeness (QED) is 0.622. The van der Waals surface area contributed by atoms with Gasteiger partial charge in [0.15, 0.2) is 0 Å². The lowest BCUT2D eigenvalue weighted by Gasteiger charge is -2.42. The summed E-state index contributed by atoms with van der Waals surface area (Å²) in [5.74, 6) is 0. The molecule has 2 heteroatoms. The van der Waals surface area contributed by atoms with Crippen LogP contribution in [0.4, 0.5) is 0 Å². The maximum absolute atomic E-state index is 9.07. The van der Waals surface area contributed by atoms with Gasteiger partial charge in [0, 0.05) is 12.1 Å². The van der Waals surface area contributed by atoms with E-state index in [1.54, 1.807) is 0 Å². The number of rotatable bonds is 7. The Morgan fingerprint density at radius 3 is 2.00 bits per heavy atom. The van der Waals surface area contributed by atoms with E-state index in [0.29, 0.717) is 0 Å². The van der Waals surface area contributed by atoms with Crippen molar-refractivity contribution in [3.8, 4) is 0 Å². The Morgan fingerprint density at radius 2 is 1.64 bits per heavy atom. The number of hydrogen-bond acceptors (Lipinski definition) is 2. The first-order valence-electron chi connectivity index (χ1n) is 5.77. The monoisotopic (exact) mass is 201 g/mol.